The molecule has 2 aromatic carbocycles. The topological polar surface area (TPSA) is 21.3 Å². The van der Waals surface area contributed by atoms with Crippen molar-refractivity contribution >= 4 is 31.9 Å². The van der Waals surface area contributed by atoms with E-state index in [4.69, 9.17) is 4.74 Å². The van der Waals surface area contributed by atoms with Gasteiger partial charge in [-0.05, 0) is 54.9 Å². The van der Waals surface area contributed by atoms with Crippen LogP contribution in [0.1, 0.15) is 22.7 Å². The van der Waals surface area contributed by atoms with E-state index in [1.807, 2.05) is 13.1 Å². The minimum atomic E-state index is 0.142. The van der Waals surface area contributed by atoms with Gasteiger partial charge in [-0.2, -0.15) is 0 Å². The zero-order valence-electron chi connectivity index (χ0n) is 11.7. The maximum Gasteiger partial charge on any atom is 0.119 e. The van der Waals surface area contributed by atoms with Crippen LogP contribution in [0.15, 0.2) is 45.3 Å². The van der Waals surface area contributed by atoms with E-state index in [0.717, 1.165) is 14.7 Å². The van der Waals surface area contributed by atoms with Crippen LogP contribution in [-0.2, 0) is 0 Å². The highest BCUT2D eigenvalue weighted by Crippen LogP contribution is 2.33. The molecule has 2 rings (SSSR count). The third-order valence-electron chi connectivity index (χ3n) is 3.35. The molecule has 0 aliphatic rings. The molecule has 4 heteroatoms. The lowest BCUT2D eigenvalue weighted by Gasteiger charge is -2.21. The molecule has 0 bridgehead atoms. The third kappa shape index (κ3) is 3.25. The fourth-order valence-corrected chi connectivity index (χ4v) is 3.59. The molecule has 0 aliphatic heterocycles. The standard InChI is InChI=1S/C16H17Br2NO/c1-10-8-12(20-3)5-7-13(10)16(19-2)14-6-4-11(17)9-15(14)18/h4-9,16,19H,1-3H3. The lowest BCUT2D eigenvalue weighted by atomic mass is 9.95. The largest absolute Gasteiger partial charge is 0.497 e. The number of benzene rings is 2. The summed E-state index contributed by atoms with van der Waals surface area (Å²) in [4.78, 5) is 0. The van der Waals surface area contributed by atoms with Crippen molar-refractivity contribution in [1.29, 1.82) is 0 Å². The average molecular weight is 399 g/mol. The van der Waals surface area contributed by atoms with Crippen molar-refractivity contribution in [3.63, 3.8) is 0 Å². The molecular weight excluding hydrogens is 382 g/mol. The van der Waals surface area contributed by atoms with Crippen LogP contribution in [0.5, 0.6) is 5.75 Å². The highest BCUT2D eigenvalue weighted by molar-refractivity contribution is 9.11. The Bertz CT molecular complexity index is 613. The summed E-state index contributed by atoms with van der Waals surface area (Å²) >= 11 is 7.13. The number of rotatable bonds is 4. The van der Waals surface area contributed by atoms with Gasteiger partial charge in [-0.25, -0.2) is 0 Å². The second-order valence-electron chi connectivity index (χ2n) is 4.61. The first kappa shape index (κ1) is 15.5. The Hall–Kier alpha value is -0.840. The van der Waals surface area contributed by atoms with E-state index < -0.39 is 0 Å². The van der Waals surface area contributed by atoms with Gasteiger partial charge >= 0.3 is 0 Å². The van der Waals surface area contributed by atoms with Crippen molar-refractivity contribution in [3.05, 3.63) is 62.0 Å². The molecule has 2 nitrogen and oxygen atoms in total. The number of hydrogen-bond donors (Lipinski definition) is 1. The van der Waals surface area contributed by atoms with E-state index >= 15 is 0 Å². The molecule has 0 aliphatic carbocycles. The van der Waals surface area contributed by atoms with Crippen molar-refractivity contribution in [3.8, 4) is 5.75 Å². The van der Waals surface area contributed by atoms with Crippen molar-refractivity contribution in [2.75, 3.05) is 14.2 Å². The summed E-state index contributed by atoms with van der Waals surface area (Å²) < 4.78 is 7.42. The summed E-state index contributed by atoms with van der Waals surface area (Å²) in [6, 6.07) is 12.6. The van der Waals surface area contributed by atoms with Crippen LogP contribution in [0.25, 0.3) is 0 Å². The molecule has 20 heavy (non-hydrogen) atoms. The van der Waals surface area contributed by atoms with Crippen LogP contribution in [0.4, 0.5) is 0 Å². The average Bonchev–Trinajstić information content (AvgIpc) is 2.43. The Kier molecular flexibility index (Phi) is 5.24. The van der Waals surface area contributed by atoms with Gasteiger partial charge in [0.25, 0.3) is 0 Å². The predicted molar refractivity (Wildman–Crippen MR) is 90.5 cm³/mol. The van der Waals surface area contributed by atoms with Crippen LogP contribution in [0.3, 0.4) is 0 Å². The predicted octanol–water partition coefficient (Wildman–Crippen LogP) is 4.84. The van der Waals surface area contributed by atoms with Crippen LogP contribution >= 0.6 is 31.9 Å². The monoisotopic (exact) mass is 397 g/mol. The highest BCUT2D eigenvalue weighted by Gasteiger charge is 2.17. The molecule has 1 atom stereocenters. The molecule has 106 valence electrons. The van der Waals surface area contributed by atoms with E-state index in [1.165, 1.54) is 16.7 Å². The van der Waals surface area contributed by atoms with Gasteiger partial charge in [0.1, 0.15) is 5.75 Å². The van der Waals surface area contributed by atoms with Gasteiger partial charge in [0.15, 0.2) is 0 Å². The number of methoxy groups -OCH3 is 1. The molecular formula is C16H17Br2NO. The first-order valence-electron chi connectivity index (χ1n) is 6.33. The van der Waals surface area contributed by atoms with Gasteiger partial charge in [0.05, 0.1) is 13.2 Å². The summed E-state index contributed by atoms with van der Waals surface area (Å²) in [6.07, 6.45) is 0. The number of aryl methyl sites for hydroxylation is 1. The van der Waals surface area contributed by atoms with Crippen LogP contribution in [0.2, 0.25) is 0 Å². The zero-order chi connectivity index (χ0) is 14.7. The van der Waals surface area contributed by atoms with E-state index in [9.17, 15) is 0 Å². The molecule has 0 saturated heterocycles. The smallest absolute Gasteiger partial charge is 0.119 e. The lowest BCUT2D eigenvalue weighted by molar-refractivity contribution is 0.414. The molecule has 0 amide bonds. The second-order valence-corrected chi connectivity index (χ2v) is 6.38. The first-order chi connectivity index (χ1) is 9.56. The molecule has 2 aromatic rings. The van der Waals surface area contributed by atoms with Gasteiger partial charge in [-0.3, -0.25) is 0 Å². The summed E-state index contributed by atoms with van der Waals surface area (Å²) in [5.74, 6) is 0.885. The fourth-order valence-electron chi connectivity index (χ4n) is 2.31. The summed E-state index contributed by atoms with van der Waals surface area (Å²) in [6.45, 7) is 2.11. The molecule has 1 N–H and O–H groups in total. The lowest BCUT2D eigenvalue weighted by Crippen LogP contribution is -2.19. The zero-order valence-corrected chi connectivity index (χ0v) is 14.9. The van der Waals surface area contributed by atoms with E-state index in [0.29, 0.717) is 0 Å². The van der Waals surface area contributed by atoms with Crippen molar-refractivity contribution in [1.82, 2.24) is 5.32 Å². The molecule has 0 radical (unpaired) electrons. The van der Waals surface area contributed by atoms with Crippen molar-refractivity contribution in [2.45, 2.75) is 13.0 Å². The van der Waals surface area contributed by atoms with Gasteiger partial charge < -0.3 is 10.1 Å². The minimum absolute atomic E-state index is 0.142. The molecule has 1 unspecified atom stereocenters. The number of ether oxygens (including phenoxy) is 1. The minimum Gasteiger partial charge on any atom is -0.497 e. The van der Waals surface area contributed by atoms with E-state index in [-0.39, 0.29) is 6.04 Å². The Morgan fingerprint density at radius 2 is 1.75 bits per heavy atom. The van der Waals surface area contributed by atoms with Crippen molar-refractivity contribution in [2.24, 2.45) is 0 Å². The normalized spacial score (nSPS) is 12.2. The molecule has 0 fully saturated rings. The first-order valence-corrected chi connectivity index (χ1v) is 7.92. The van der Waals surface area contributed by atoms with Gasteiger partial charge in [0.2, 0.25) is 0 Å². The summed E-state index contributed by atoms with van der Waals surface area (Å²) in [5.41, 5.74) is 3.67. The van der Waals surface area contributed by atoms with Crippen LogP contribution in [0, 0.1) is 6.92 Å². The number of hydrogen-bond acceptors (Lipinski definition) is 2. The Labute approximate surface area is 136 Å². The quantitative estimate of drug-likeness (QED) is 0.795. The number of halogens is 2. The fraction of sp³-hybridized carbons (Fsp3) is 0.250. The molecule has 0 aromatic heterocycles. The highest BCUT2D eigenvalue weighted by atomic mass is 79.9. The van der Waals surface area contributed by atoms with Crippen LogP contribution in [-0.4, -0.2) is 14.2 Å². The Morgan fingerprint density at radius 3 is 2.30 bits per heavy atom. The van der Waals surface area contributed by atoms with Gasteiger partial charge in [-0.1, -0.05) is 44.0 Å². The Balaban J connectivity index is 2.47. The summed E-state index contributed by atoms with van der Waals surface area (Å²) in [7, 11) is 3.66. The molecule has 0 saturated carbocycles. The molecule has 0 spiro atoms. The number of nitrogens with one attached hydrogen (secondary N) is 1. The van der Waals surface area contributed by atoms with Crippen LogP contribution < -0.4 is 10.1 Å². The third-order valence-corrected chi connectivity index (χ3v) is 4.53. The second kappa shape index (κ2) is 6.74. The van der Waals surface area contributed by atoms with Gasteiger partial charge in [0, 0.05) is 8.95 Å². The summed E-state index contributed by atoms with van der Waals surface area (Å²) in [5, 5.41) is 3.39. The maximum absolute atomic E-state index is 5.27. The SMILES string of the molecule is CNC(c1ccc(OC)cc1C)c1ccc(Br)cc1Br. The maximum atomic E-state index is 5.27. The van der Waals surface area contributed by atoms with E-state index in [2.05, 4.69) is 74.4 Å². The van der Waals surface area contributed by atoms with E-state index in [1.54, 1.807) is 7.11 Å². The van der Waals surface area contributed by atoms with Gasteiger partial charge in [-0.15, -0.1) is 0 Å². The Morgan fingerprint density at radius 1 is 1.05 bits per heavy atom. The van der Waals surface area contributed by atoms with Crippen molar-refractivity contribution < 1.29 is 4.74 Å². The molecule has 0 heterocycles.